The van der Waals surface area contributed by atoms with Crippen molar-refractivity contribution in [2.45, 2.75) is 16.5 Å². The summed E-state index contributed by atoms with van der Waals surface area (Å²) in [5.41, 5.74) is -0.261. The lowest BCUT2D eigenvalue weighted by molar-refractivity contribution is 0.0941. The fourth-order valence-electron chi connectivity index (χ4n) is 2.33. The van der Waals surface area contributed by atoms with Crippen LogP contribution in [-0.2, 0) is 9.09 Å². The standard InChI is InChI=1S/C17H16Cl3FNO3P/c1-2-25-26(24,12-8-4-3-5-9-12)16(17(18,19)20)22-15(23)13-10-6-7-11-14(13)21/h3-11,16H,2H2,1H3,(H,22,23). The summed E-state index contributed by atoms with van der Waals surface area (Å²) in [5, 5.41) is 2.65. The third-order valence-corrected chi connectivity index (χ3v) is 7.44. The van der Waals surface area contributed by atoms with Gasteiger partial charge in [-0.1, -0.05) is 65.1 Å². The van der Waals surface area contributed by atoms with Crippen LogP contribution in [-0.4, -0.2) is 22.1 Å². The van der Waals surface area contributed by atoms with E-state index in [2.05, 4.69) is 5.32 Å². The molecule has 9 heteroatoms. The molecule has 1 amide bonds. The quantitative estimate of drug-likeness (QED) is 0.516. The first kappa shape index (κ1) is 21.2. The van der Waals surface area contributed by atoms with Gasteiger partial charge in [-0.15, -0.1) is 0 Å². The Morgan fingerprint density at radius 2 is 1.73 bits per heavy atom. The van der Waals surface area contributed by atoms with Crippen LogP contribution in [0.1, 0.15) is 17.3 Å². The minimum atomic E-state index is -3.84. The molecule has 2 aromatic carbocycles. The van der Waals surface area contributed by atoms with Gasteiger partial charge in [0.2, 0.25) is 3.79 Å². The summed E-state index contributed by atoms with van der Waals surface area (Å²) in [6, 6.07) is 13.4. The molecule has 4 nitrogen and oxygen atoms in total. The van der Waals surface area contributed by atoms with Crippen molar-refractivity contribution in [3.63, 3.8) is 0 Å². The van der Waals surface area contributed by atoms with Gasteiger partial charge >= 0.3 is 0 Å². The number of halogens is 4. The van der Waals surface area contributed by atoms with Crippen LogP contribution in [0.2, 0.25) is 0 Å². The summed E-state index contributed by atoms with van der Waals surface area (Å²) in [6.07, 6.45) is 0. The lowest BCUT2D eigenvalue weighted by atomic mass is 10.2. The topological polar surface area (TPSA) is 55.4 Å². The second-order valence-electron chi connectivity index (χ2n) is 5.25. The van der Waals surface area contributed by atoms with E-state index in [9.17, 15) is 13.8 Å². The van der Waals surface area contributed by atoms with Crippen LogP contribution in [0.25, 0.3) is 0 Å². The number of amides is 1. The summed E-state index contributed by atoms with van der Waals surface area (Å²) in [6.45, 7) is 1.68. The Morgan fingerprint density at radius 1 is 1.15 bits per heavy atom. The molecule has 0 spiro atoms. The van der Waals surface area contributed by atoms with E-state index in [0.717, 1.165) is 6.07 Å². The molecule has 0 aliphatic rings. The summed E-state index contributed by atoms with van der Waals surface area (Å²) in [7, 11) is -3.84. The number of benzene rings is 2. The Balaban J connectivity index is 2.47. The van der Waals surface area contributed by atoms with Crippen LogP contribution < -0.4 is 10.6 Å². The average molecular weight is 439 g/mol. The molecule has 2 aromatic rings. The minimum Gasteiger partial charge on any atom is -0.336 e. The molecule has 140 valence electrons. The molecule has 2 atom stereocenters. The van der Waals surface area contributed by atoms with Crippen molar-refractivity contribution < 1.29 is 18.3 Å². The Bertz CT molecular complexity index is 814. The van der Waals surface area contributed by atoms with Gasteiger partial charge in [-0.05, 0) is 31.2 Å². The van der Waals surface area contributed by atoms with Crippen LogP contribution in [0.4, 0.5) is 4.39 Å². The van der Waals surface area contributed by atoms with Crippen LogP contribution in [0.5, 0.6) is 0 Å². The van der Waals surface area contributed by atoms with Gasteiger partial charge in [-0.25, -0.2) is 4.39 Å². The molecule has 2 unspecified atom stereocenters. The first-order valence-electron chi connectivity index (χ1n) is 7.62. The van der Waals surface area contributed by atoms with E-state index < -0.39 is 28.7 Å². The lowest BCUT2D eigenvalue weighted by Crippen LogP contribution is -2.46. The molecular weight excluding hydrogens is 423 g/mol. The SMILES string of the molecule is CCOP(=O)(c1ccccc1)C(NC(=O)c1ccccc1F)C(Cl)(Cl)Cl. The van der Waals surface area contributed by atoms with Gasteiger partial charge < -0.3 is 9.84 Å². The van der Waals surface area contributed by atoms with E-state index in [1.807, 2.05) is 0 Å². The number of carbonyl (C=O) groups excluding carboxylic acids is 1. The Labute approximate surface area is 166 Å². The van der Waals surface area contributed by atoms with Gasteiger partial charge in [0, 0.05) is 5.30 Å². The Kier molecular flexibility index (Phi) is 7.12. The third-order valence-electron chi connectivity index (χ3n) is 3.47. The molecule has 0 saturated carbocycles. The molecule has 0 aliphatic carbocycles. The van der Waals surface area contributed by atoms with E-state index in [0.29, 0.717) is 0 Å². The van der Waals surface area contributed by atoms with E-state index >= 15 is 0 Å². The Hall–Kier alpha value is -1.10. The molecule has 0 saturated heterocycles. The first-order chi connectivity index (χ1) is 12.2. The third kappa shape index (κ3) is 4.79. The maximum atomic E-state index is 13.9. The van der Waals surface area contributed by atoms with E-state index in [-0.39, 0.29) is 17.5 Å². The second kappa shape index (κ2) is 8.73. The summed E-state index contributed by atoms with van der Waals surface area (Å²) in [5.74, 6) is -3.14. The van der Waals surface area contributed by atoms with Gasteiger partial charge in [0.1, 0.15) is 5.82 Å². The normalized spacial score (nSPS) is 15.1. The van der Waals surface area contributed by atoms with E-state index in [1.165, 1.54) is 18.2 Å². The van der Waals surface area contributed by atoms with Crippen molar-refractivity contribution in [2.75, 3.05) is 6.61 Å². The van der Waals surface area contributed by atoms with Gasteiger partial charge in [-0.3, -0.25) is 9.36 Å². The van der Waals surface area contributed by atoms with Crippen molar-refractivity contribution in [3.05, 3.63) is 66.0 Å². The van der Waals surface area contributed by atoms with E-state index in [4.69, 9.17) is 39.3 Å². The average Bonchev–Trinajstić information content (AvgIpc) is 2.59. The molecule has 0 aromatic heterocycles. The highest BCUT2D eigenvalue weighted by atomic mass is 35.6. The molecule has 0 fully saturated rings. The summed E-state index contributed by atoms with van der Waals surface area (Å²) in [4.78, 5) is 12.5. The number of carbonyl (C=O) groups is 1. The predicted octanol–water partition coefficient (Wildman–Crippen LogP) is 4.89. The number of alkyl halides is 3. The highest BCUT2D eigenvalue weighted by Gasteiger charge is 2.49. The van der Waals surface area contributed by atoms with Crippen molar-refractivity contribution in [2.24, 2.45) is 0 Å². The predicted molar refractivity (Wildman–Crippen MR) is 103 cm³/mol. The molecular formula is C17H16Cl3FNO3P. The van der Waals surface area contributed by atoms with Gasteiger partial charge in [0.25, 0.3) is 13.3 Å². The fourth-order valence-corrected chi connectivity index (χ4v) is 5.89. The van der Waals surface area contributed by atoms with Crippen molar-refractivity contribution >= 4 is 53.4 Å². The van der Waals surface area contributed by atoms with Crippen molar-refractivity contribution in [3.8, 4) is 0 Å². The monoisotopic (exact) mass is 437 g/mol. The molecule has 0 heterocycles. The molecule has 0 aliphatic heterocycles. The number of nitrogens with one attached hydrogen (secondary N) is 1. The molecule has 1 N–H and O–H groups in total. The van der Waals surface area contributed by atoms with Gasteiger partial charge in [0.05, 0.1) is 12.2 Å². The minimum absolute atomic E-state index is 0.0546. The number of hydrogen-bond donors (Lipinski definition) is 1. The number of hydrogen-bond acceptors (Lipinski definition) is 3. The van der Waals surface area contributed by atoms with Crippen LogP contribution in [0.3, 0.4) is 0 Å². The molecule has 2 rings (SSSR count). The van der Waals surface area contributed by atoms with Crippen LogP contribution in [0.15, 0.2) is 54.6 Å². The maximum absolute atomic E-state index is 13.9. The first-order valence-corrected chi connectivity index (χ1v) is 10.4. The van der Waals surface area contributed by atoms with E-state index in [1.54, 1.807) is 37.3 Å². The van der Waals surface area contributed by atoms with Gasteiger partial charge in [-0.2, -0.15) is 0 Å². The van der Waals surface area contributed by atoms with Crippen molar-refractivity contribution in [1.29, 1.82) is 0 Å². The van der Waals surface area contributed by atoms with Crippen molar-refractivity contribution in [1.82, 2.24) is 5.32 Å². The zero-order valence-electron chi connectivity index (χ0n) is 13.7. The highest BCUT2D eigenvalue weighted by Crippen LogP contribution is 2.57. The summed E-state index contributed by atoms with van der Waals surface area (Å²) >= 11 is 18.0. The lowest BCUT2D eigenvalue weighted by Gasteiger charge is -2.32. The summed E-state index contributed by atoms with van der Waals surface area (Å²) < 4.78 is 30.8. The van der Waals surface area contributed by atoms with Crippen LogP contribution >= 0.6 is 42.2 Å². The van der Waals surface area contributed by atoms with Crippen LogP contribution in [0, 0.1) is 5.82 Å². The highest BCUT2D eigenvalue weighted by molar-refractivity contribution is 7.68. The molecule has 0 bridgehead atoms. The number of rotatable bonds is 6. The molecule has 26 heavy (non-hydrogen) atoms. The fraction of sp³-hybridized carbons (Fsp3) is 0.235. The molecule has 0 radical (unpaired) electrons. The largest absolute Gasteiger partial charge is 0.336 e. The van der Waals surface area contributed by atoms with Gasteiger partial charge in [0.15, 0.2) is 5.78 Å². The smallest absolute Gasteiger partial charge is 0.258 e. The Morgan fingerprint density at radius 3 is 2.27 bits per heavy atom. The zero-order chi connectivity index (χ0) is 19.4. The second-order valence-corrected chi connectivity index (χ2v) is 10.1. The maximum Gasteiger partial charge on any atom is 0.258 e. The zero-order valence-corrected chi connectivity index (χ0v) is 16.8.